The number of carbonyl (C=O) groups is 1. The van der Waals surface area contributed by atoms with Gasteiger partial charge in [-0.1, -0.05) is 26.0 Å². The number of sulfonamides is 1. The molecule has 25 heavy (non-hydrogen) atoms. The second kappa shape index (κ2) is 8.29. The predicted molar refractivity (Wildman–Crippen MR) is 98.4 cm³/mol. The van der Waals surface area contributed by atoms with Gasteiger partial charge in [0.1, 0.15) is 0 Å². The number of benzene rings is 1. The van der Waals surface area contributed by atoms with E-state index in [0.29, 0.717) is 13.1 Å². The molecule has 1 aromatic rings. The molecule has 0 heterocycles. The zero-order valence-corrected chi connectivity index (χ0v) is 16.1. The van der Waals surface area contributed by atoms with Gasteiger partial charge in [0.15, 0.2) is 0 Å². The Morgan fingerprint density at radius 2 is 1.84 bits per heavy atom. The molecule has 3 atom stereocenters. The van der Waals surface area contributed by atoms with E-state index in [1.807, 2.05) is 20.8 Å². The molecule has 0 saturated heterocycles. The Morgan fingerprint density at radius 3 is 2.32 bits per heavy atom. The molecule has 1 aliphatic rings. The van der Waals surface area contributed by atoms with E-state index < -0.39 is 10.0 Å². The van der Waals surface area contributed by atoms with Gasteiger partial charge in [-0.2, -0.15) is 4.31 Å². The molecule has 1 saturated carbocycles. The van der Waals surface area contributed by atoms with Gasteiger partial charge in [-0.3, -0.25) is 4.79 Å². The van der Waals surface area contributed by atoms with Gasteiger partial charge >= 0.3 is 0 Å². The lowest BCUT2D eigenvalue weighted by molar-refractivity contribution is -0.125. The number of hydrogen-bond acceptors (Lipinski definition) is 4. The van der Waals surface area contributed by atoms with Crippen LogP contribution in [-0.4, -0.2) is 37.8 Å². The number of carbonyl (C=O) groups excluding carboxylic acids is 1. The molecule has 3 N–H and O–H groups in total. The van der Waals surface area contributed by atoms with E-state index in [9.17, 15) is 13.2 Å². The molecular formula is C18H29N3O3S. The molecule has 7 heteroatoms. The zero-order valence-electron chi connectivity index (χ0n) is 15.2. The summed E-state index contributed by atoms with van der Waals surface area (Å²) in [6, 6.07) is 6.70. The van der Waals surface area contributed by atoms with E-state index in [-0.39, 0.29) is 28.8 Å². The molecular weight excluding hydrogens is 338 g/mol. The van der Waals surface area contributed by atoms with Crippen LogP contribution in [0.4, 0.5) is 0 Å². The van der Waals surface area contributed by atoms with Crippen LogP contribution in [0.2, 0.25) is 0 Å². The van der Waals surface area contributed by atoms with E-state index in [1.165, 1.54) is 4.31 Å². The summed E-state index contributed by atoms with van der Waals surface area (Å²) in [6.45, 7) is 6.43. The van der Waals surface area contributed by atoms with Gasteiger partial charge in [-0.15, -0.1) is 0 Å². The van der Waals surface area contributed by atoms with Crippen molar-refractivity contribution in [3.8, 4) is 0 Å². The highest BCUT2D eigenvalue weighted by Crippen LogP contribution is 2.25. The van der Waals surface area contributed by atoms with Crippen LogP contribution in [0, 0.1) is 5.92 Å². The third-order valence-electron chi connectivity index (χ3n) is 4.93. The SMILES string of the molecule is CCN(CC)S(=O)(=O)c1ccc(C(C)NC(=O)C2CCC(N)C2)cc1. The van der Waals surface area contributed by atoms with Crippen molar-refractivity contribution in [2.45, 2.75) is 57.0 Å². The quantitative estimate of drug-likeness (QED) is 0.771. The highest BCUT2D eigenvalue weighted by molar-refractivity contribution is 7.89. The Bertz CT molecular complexity index is 684. The summed E-state index contributed by atoms with van der Waals surface area (Å²) in [7, 11) is -3.45. The molecule has 0 radical (unpaired) electrons. The minimum atomic E-state index is -3.45. The Balaban J connectivity index is 2.05. The van der Waals surface area contributed by atoms with Crippen LogP contribution in [0.3, 0.4) is 0 Å². The smallest absolute Gasteiger partial charge is 0.243 e. The molecule has 0 aliphatic heterocycles. The van der Waals surface area contributed by atoms with Gasteiger partial charge in [-0.05, 0) is 43.9 Å². The lowest BCUT2D eigenvalue weighted by Crippen LogP contribution is -2.32. The Labute approximate surface area is 150 Å². The number of nitrogens with two attached hydrogens (primary N) is 1. The summed E-state index contributed by atoms with van der Waals surface area (Å²) in [5.74, 6) is 0.0139. The monoisotopic (exact) mass is 367 g/mol. The van der Waals surface area contributed by atoms with E-state index in [0.717, 1.165) is 24.8 Å². The third-order valence-corrected chi connectivity index (χ3v) is 6.99. The van der Waals surface area contributed by atoms with Gasteiger partial charge in [0, 0.05) is 25.0 Å². The minimum Gasteiger partial charge on any atom is -0.349 e. The van der Waals surface area contributed by atoms with Crippen molar-refractivity contribution in [2.24, 2.45) is 11.7 Å². The Morgan fingerprint density at radius 1 is 1.24 bits per heavy atom. The number of rotatable bonds is 7. The fourth-order valence-corrected chi connectivity index (χ4v) is 4.77. The normalized spacial score (nSPS) is 22.1. The average Bonchev–Trinajstić information content (AvgIpc) is 3.02. The summed E-state index contributed by atoms with van der Waals surface area (Å²) >= 11 is 0. The van der Waals surface area contributed by atoms with Crippen LogP contribution < -0.4 is 11.1 Å². The van der Waals surface area contributed by atoms with Gasteiger partial charge in [-0.25, -0.2) is 8.42 Å². The predicted octanol–water partition coefficient (Wildman–Crippen LogP) is 2.02. The summed E-state index contributed by atoms with van der Waals surface area (Å²) < 4.78 is 26.4. The number of nitrogens with zero attached hydrogens (tertiary/aromatic N) is 1. The average molecular weight is 368 g/mol. The van der Waals surface area contributed by atoms with Gasteiger partial charge in [0.2, 0.25) is 15.9 Å². The maximum Gasteiger partial charge on any atom is 0.243 e. The second-order valence-corrected chi connectivity index (χ2v) is 8.60. The van der Waals surface area contributed by atoms with Crippen molar-refractivity contribution < 1.29 is 13.2 Å². The molecule has 0 spiro atoms. The van der Waals surface area contributed by atoms with E-state index in [2.05, 4.69) is 5.32 Å². The first-order chi connectivity index (χ1) is 11.8. The van der Waals surface area contributed by atoms with E-state index in [1.54, 1.807) is 24.3 Å². The molecule has 1 aliphatic carbocycles. The molecule has 1 aromatic carbocycles. The number of hydrogen-bond donors (Lipinski definition) is 2. The summed E-state index contributed by atoms with van der Waals surface area (Å²) in [6.07, 6.45) is 2.46. The standard InChI is InChI=1S/C18H29N3O3S/c1-4-21(5-2)25(23,24)17-10-7-14(8-11-17)13(3)20-18(22)15-6-9-16(19)12-15/h7-8,10-11,13,15-16H,4-6,9,12,19H2,1-3H3,(H,20,22). The van der Waals surface area contributed by atoms with Crippen LogP contribution >= 0.6 is 0 Å². The fourth-order valence-electron chi connectivity index (χ4n) is 3.31. The largest absolute Gasteiger partial charge is 0.349 e. The molecule has 3 unspecified atom stereocenters. The van der Waals surface area contributed by atoms with Crippen molar-refractivity contribution in [2.75, 3.05) is 13.1 Å². The lowest BCUT2D eigenvalue weighted by Gasteiger charge is -2.20. The third kappa shape index (κ3) is 4.59. The van der Waals surface area contributed by atoms with Gasteiger partial charge in [0.25, 0.3) is 0 Å². The van der Waals surface area contributed by atoms with E-state index in [4.69, 9.17) is 5.73 Å². The molecule has 6 nitrogen and oxygen atoms in total. The summed E-state index contributed by atoms with van der Waals surface area (Å²) in [4.78, 5) is 12.6. The first-order valence-electron chi connectivity index (χ1n) is 8.95. The molecule has 140 valence electrons. The second-order valence-electron chi connectivity index (χ2n) is 6.66. The van der Waals surface area contributed by atoms with Crippen LogP contribution in [0.25, 0.3) is 0 Å². The van der Waals surface area contributed by atoms with Crippen molar-refractivity contribution in [3.63, 3.8) is 0 Å². The van der Waals surface area contributed by atoms with Crippen LogP contribution in [0.5, 0.6) is 0 Å². The van der Waals surface area contributed by atoms with E-state index >= 15 is 0 Å². The first kappa shape index (κ1) is 19.9. The van der Waals surface area contributed by atoms with Gasteiger partial charge < -0.3 is 11.1 Å². The van der Waals surface area contributed by atoms with Crippen LogP contribution in [0.15, 0.2) is 29.2 Å². The molecule has 1 fully saturated rings. The van der Waals surface area contributed by atoms with Gasteiger partial charge in [0.05, 0.1) is 10.9 Å². The first-order valence-corrected chi connectivity index (χ1v) is 10.4. The Hall–Kier alpha value is -1.44. The summed E-state index contributed by atoms with van der Waals surface area (Å²) in [5, 5.41) is 3.01. The van der Waals surface area contributed by atoms with Crippen molar-refractivity contribution in [3.05, 3.63) is 29.8 Å². The van der Waals surface area contributed by atoms with Crippen molar-refractivity contribution in [1.29, 1.82) is 0 Å². The number of nitrogens with one attached hydrogen (secondary N) is 1. The molecule has 0 aromatic heterocycles. The highest BCUT2D eigenvalue weighted by Gasteiger charge is 2.28. The van der Waals surface area contributed by atoms with Crippen LogP contribution in [-0.2, 0) is 14.8 Å². The maximum atomic E-state index is 12.5. The highest BCUT2D eigenvalue weighted by atomic mass is 32.2. The fraction of sp³-hybridized carbons (Fsp3) is 0.611. The lowest BCUT2D eigenvalue weighted by atomic mass is 10.0. The molecule has 2 rings (SSSR count). The minimum absolute atomic E-state index is 0.0141. The Kier molecular flexibility index (Phi) is 6.59. The topological polar surface area (TPSA) is 92.5 Å². The zero-order chi connectivity index (χ0) is 18.6. The van der Waals surface area contributed by atoms with Crippen molar-refractivity contribution in [1.82, 2.24) is 9.62 Å². The molecule has 1 amide bonds. The van der Waals surface area contributed by atoms with Crippen LogP contribution in [0.1, 0.15) is 51.6 Å². The summed E-state index contributed by atoms with van der Waals surface area (Å²) in [5.41, 5.74) is 6.75. The number of amides is 1. The van der Waals surface area contributed by atoms with Crippen molar-refractivity contribution >= 4 is 15.9 Å². The molecule has 0 bridgehead atoms. The maximum absolute atomic E-state index is 12.5.